The molecular weight excluding hydrogens is 218 g/mol. The van der Waals surface area contributed by atoms with E-state index in [4.69, 9.17) is 4.55 Å². The van der Waals surface area contributed by atoms with E-state index in [1.54, 1.807) is 13.0 Å². The largest absolute Gasteiger partial charge is 0.325 e. The fourth-order valence-corrected chi connectivity index (χ4v) is 1.68. The number of amides is 1. The van der Waals surface area contributed by atoms with Gasteiger partial charge in [-0.3, -0.25) is 9.35 Å². The predicted molar refractivity (Wildman–Crippen MR) is 55.2 cm³/mol. The lowest BCUT2D eigenvalue weighted by molar-refractivity contribution is -0.115. The molecule has 1 amide bonds. The van der Waals surface area contributed by atoms with E-state index < -0.39 is 10.1 Å². The summed E-state index contributed by atoms with van der Waals surface area (Å²) in [6, 6.07) is 5.67. The van der Waals surface area contributed by atoms with E-state index in [0.717, 1.165) is 0 Å². The second-order valence-corrected chi connectivity index (χ2v) is 4.26. The lowest BCUT2D eigenvalue weighted by atomic mass is 10.3. The van der Waals surface area contributed by atoms with Crippen LogP contribution in [0, 0.1) is 0 Å². The van der Waals surface area contributed by atoms with Crippen LogP contribution in [0.2, 0.25) is 0 Å². The predicted octanol–water partition coefficient (Wildman–Crippen LogP) is 1.28. The third-order valence-electron chi connectivity index (χ3n) is 1.76. The number of hydrogen-bond acceptors (Lipinski definition) is 3. The fourth-order valence-electron chi connectivity index (χ4n) is 1.03. The highest BCUT2D eigenvalue weighted by molar-refractivity contribution is 7.86. The molecule has 0 aliphatic heterocycles. The summed E-state index contributed by atoms with van der Waals surface area (Å²) in [5, 5.41) is 2.39. The van der Waals surface area contributed by atoms with Crippen molar-refractivity contribution < 1.29 is 17.8 Å². The van der Waals surface area contributed by atoms with Crippen molar-refractivity contribution in [3.8, 4) is 0 Å². The van der Waals surface area contributed by atoms with Gasteiger partial charge in [0.05, 0.1) is 5.69 Å². The molecule has 5 nitrogen and oxygen atoms in total. The molecule has 0 fully saturated rings. The number of carbonyl (C=O) groups excluding carboxylic acids is 1. The van der Waals surface area contributed by atoms with E-state index in [1.165, 1.54) is 18.2 Å². The second-order valence-electron chi connectivity index (χ2n) is 2.87. The van der Waals surface area contributed by atoms with Crippen molar-refractivity contribution in [2.45, 2.75) is 18.2 Å². The van der Waals surface area contributed by atoms with E-state index in [0.29, 0.717) is 0 Å². The molecule has 0 aromatic heterocycles. The zero-order chi connectivity index (χ0) is 11.5. The van der Waals surface area contributed by atoms with Crippen LogP contribution in [0.4, 0.5) is 5.69 Å². The molecule has 0 radical (unpaired) electrons. The summed E-state index contributed by atoms with van der Waals surface area (Å²) in [5.74, 6) is -0.314. The Balaban J connectivity index is 3.13. The molecule has 0 unspecified atom stereocenters. The number of anilines is 1. The maximum Gasteiger partial charge on any atom is 0.296 e. The van der Waals surface area contributed by atoms with Gasteiger partial charge in [0.1, 0.15) is 4.90 Å². The van der Waals surface area contributed by atoms with Crippen molar-refractivity contribution in [3.05, 3.63) is 24.3 Å². The van der Waals surface area contributed by atoms with Gasteiger partial charge in [0.25, 0.3) is 10.1 Å². The first kappa shape index (κ1) is 11.7. The average Bonchev–Trinajstić information content (AvgIpc) is 2.17. The van der Waals surface area contributed by atoms with Crippen molar-refractivity contribution >= 4 is 21.7 Å². The number of nitrogens with one attached hydrogen (secondary N) is 1. The Hall–Kier alpha value is -1.40. The Morgan fingerprint density at radius 3 is 2.53 bits per heavy atom. The van der Waals surface area contributed by atoms with Crippen LogP contribution < -0.4 is 5.32 Å². The smallest absolute Gasteiger partial charge is 0.296 e. The molecule has 0 saturated carbocycles. The molecular formula is C9H11NO4S. The van der Waals surface area contributed by atoms with Gasteiger partial charge in [-0.1, -0.05) is 19.1 Å². The molecule has 0 spiro atoms. The molecule has 1 aromatic rings. The number of benzene rings is 1. The number of carbonyl (C=O) groups is 1. The summed E-state index contributed by atoms with van der Waals surface area (Å²) in [6.07, 6.45) is 0.236. The second kappa shape index (κ2) is 4.41. The standard InChI is InChI=1S/C9H11NO4S/c1-2-9(11)10-7-5-3-4-6-8(7)15(12,13)14/h3-6H,2H2,1H3,(H,10,11)(H,12,13,14). The lowest BCUT2D eigenvalue weighted by Gasteiger charge is -2.07. The number of hydrogen-bond donors (Lipinski definition) is 2. The van der Waals surface area contributed by atoms with Gasteiger partial charge in [0, 0.05) is 6.42 Å². The van der Waals surface area contributed by atoms with E-state index in [-0.39, 0.29) is 22.9 Å². The van der Waals surface area contributed by atoms with E-state index in [1.807, 2.05) is 0 Å². The minimum atomic E-state index is -4.30. The van der Waals surface area contributed by atoms with Crippen molar-refractivity contribution in [1.82, 2.24) is 0 Å². The Labute approximate surface area is 87.9 Å². The molecule has 0 heterocycles. The third kappa shape index (κ3) is 3.03. The highest BCUT2D eigenvalue weighted by Gasteiger charge is 2.15. The highest BCUT2D eigenvalue weighted by Crippen LogP contribution is 2.20. The van der Waals surface area contributed by atoms with Gasteiger partial charge in [0.15, 0.2) is 0 Å². The van der Waals surface area contributed by atoms with Crippen molar-refractivity contribution in [2.75, 3.05) is 5.32 Å². The van der Waals surface area contributed by atoms with E-state index in [2.05, 4.69) is 5.32 Å². The third-order valence-corrected chi connectivity index (χ3v) is 2.67. The molecule has 6 heteroatoms. The zero-order valence-electron chi connectivity index (χ0n) is 8.10. The van der Waals surface area contributed by atoms with Gasteiger partial charge in [-0.2, -0.15) is 8.42 Å². The summed E-state index contributed by atoms with van der Waals surface area (Å²) >= 11 is 0. The van der Waals surface area contributed by atoms with Crippen LogP contribution in [0.15, 0.2) is 29.2 Å². The van der Waals surface area contributed by atoms with Crippen LogP contribution in [-0.4, -0.2) is 18.9 Å². The molecule has 2 N–H and O–H groups in total. The Bertz CT molecular complexity index is 467. The highest BCUT2D eigenvalue weighted by atomic mass is 32.2. The van der Waals surface area contributed by atoms with Crippen LogP contribution in [0.3, 0.4) is 0 Å². The first-order chi connectivity index (χ1) is 6.95. The molecule has 0 aliphatic rings. The van der Waals surface area contributed by atoms with Crippen molar-refractivity contribution in [1.29, 1.82) is 0 Å². The van der Waals surface area contributed by atoms with Crippen molar-refractivity contribution in [2.24, 2.45) is 0 Å². The molecule has 0 bridgehead atoms. The summed E-state index contributed by atoms with van der Waals surface area (Å²) in [4.78, 5) is 10.8. The Kier molecular flexibility index (Phi) is 3.43. The van der Waals surface area contributed by atoms with Crippen LogP contribution >= 0.6 is 0 Å². The van der Waals surface area contributed by atoms with Crippen LogP contribution in [0.25, 0.3) is 0 Å². The summed E-state index contributed by atoms with van der Waals surface area (Å²) < 4.78 is 30.7. The number of para-hydroxylation sites is 1. The van der Waals surface area contributed by atoms with Gasteiger partial charge in [-0.05, 0) is 12.1 Å². The van der Waals surface area contributed by atoms with Crippen LogP contribution in [-0.2, 0) is 14.9 Å². The Morgan fingerprint density at radius 2 is 2.00 bits per heavy atom. The number of rotatable bonds is 3. The zero-order valence-corrected chi connectivity index (χ0v) is 8.91. The molecule has 0 atom stereocenters. The molecule has 0 saturated heterocycles. The van der Waals surface area contributed by atoms with E-state index >= 15 is 0 Å². The fraction of sp³-hybridized carbons (Fsp3) is 0.222. The monoisotopic (exact) mass is 229 g/mol. The molecule has 15 heavy (non-hydrogen) atoms. The maximum atomic E-state index is 11.1. The Morgan fingerprint density at radius 1 is 1.40 bits per heavy atom. The quantitative estimate of drug-likeness (QED) is 0.765. The minimum Gasteiger partial charge on any atom is -0.325 e. The molecule has 82 valence electrons. The summed E-state index contributed by atoms with van der Waals surface area (Å²) in [7, 11) is -4.30. The first-order valence-corrected chi connectivity index (χ1v) is 5.75. The molecule has 0 aliphatic carbocycles. The lowest BCUT2D eigenvalue weighted by Crippen LogP contribution is -2.12. The molecule has 1 rings (SSSR count). The summed E-state index contributed by atoms with van der Waals surface area (Å²) in [5.41, 5.74) is 0.0897. The van der Waals surface area contributed by atoms with Crippen LogP contribution in [0.1, 0.15) is 13.3 Å². The first-order valence-electron chi connectivity index (χ1n) is 4.31. The molecule has 1 aromatic carbocycles. The minimum absolute atomic E-state index is 0.0897. The van der Waals surface area contributed by atoms with Gasteiger partial charge in [-0.15, -0.1) is 0 Å². The summed E-state index contributed by atoms with van der Waals surface area (Å²) in [6.45, 7) is 1.64. The average molecular weight is 229 g/mol. The maximum absolute atomic E-state index is 11.1. The van der Waals surface area contributed by atoms with E-state index in [9.17, 15) is 13.2 Å². The SMILES string of the molecule is CCC(=O)Nc1ccccc1S(=O)(=O)O. The van der Waals surface area contributed by atoms with Crippen molar-refractivity contribution in [3.63, 3.8) is 0 Å². The topological polar surface area (TPSA) is 83.5 Å². The van der Waals surface area contributed by atoms with Gasteiger partial charge in [0.2, 0.25) is 5.91 Å². The van der Waals surface area contributed by atoms with Gasteiger partial charge in [-0.25, -0.2) is 0 Å². The van der Waals surface area contributed by atoms with Gasteiger partial charge < -0.3 is 5.32 Å². The van der Waals surface area contributed by atoms with Gasteiger partial charge >= 0.3 is 0 Å². The van der Waals surface area contributed by atoms with Crippen LogP contribution in [0.5, 0.6) is 0 Å². The normalized spacial score (nSPS) is 11.1.